The van der Waals surface area contributed by atoms with Crippen LogP contribution in [-0.2, 0) is 4.79 Å². The molecule has 4 nitrogen and oxygen atoms in total. The summed E-state index contributed by atoms with van der Waals surface area (Å²) < 4.78 is 18.3. The van der Waals surface area contributed by atoms with Crippen molar-refractivity contribution in [3.8, 4) is 5.75 Å². The molecule has 1 aromatic carbocycles. The van der Waals surface area contributed by atoms with Crippen molar-refractivity contribution < 1.29 is 13.9 Å². The number of ether oxygens (including phenoxy) is 1. The van der Waals surface area contributed by atoms with Crippen molar-refractivity contribution in [2.75, 3.05) is 19.0 Å². The molecule has 104 valence electrons. The molecule has 0 spiro atoms. The molecule has 2 N–H and O–H groups in total. The topological polar surface area (TPSA) is 50.4 Å². The minimum atomic E-state index is -0.474. The van der Waals surface area contributed by atoms with E-state index in [-0.39, 0.29) is 11.7 Å². The maximum atomic E-state index is 13.4. The minimum Gasteiger partial charge on any atom is -0.494 e. The number of carbonyl (C=O) groups is 1. The molecular weight excluding hydrogens is 247 g/mol. The molecule has 0 bridgehead atoms. The predicted octanol–water partition coefficient (Wildman–Crippen LogP) is 2.30. The highest BCUT2D eigenvalue weighted by Gasteiger charge is 2.15. The molecule has 1 heterocycles. The standard InChI is InChI=1S/C14H19FN2O2/c1-19-13-6-4-11(9-12(13)15)17-14(18)7-5-10-3-2-8-16-10/h4,6,9-10,16H,2-3,5,7-8H2,1H3,(H,17,18). The van der Waals surface area contributed by atoms with Crippen molar-refractivity contribution >= 4 is 11.6 Å². The van der Waals surface area contributed by atoms with E-state index in [9.17, 15) is 9.18 Å². The molecule has 0 radical (unpaired) electrons. The summed E-state index contributed by atoms with van der Waals surface area (Å²) in [5.74, 6) is -0.385. The van der Waals surface area contributed by atoms with Gasteiger partial charge in [-0.2, -0.15) is 0 Å². The molecular formula is C14H19FN2O2. The first-order valence-corrected chi connectivity index (χ1v) is 6.56. The van der Waals surface area contributed by atoms with Gasteiger partial charge in [-0.1, -0.05) is 0 Å². The van der Waals surface area contributed by atoms with Crippen LogP contribution in [0.15, 0.2) is 18.2 Å². The van der Waals surface area contributed by atoms with Crippen molar-refractivity contribution in [2.24, 2.45) is 0 Å². The molecule has 1 aromatic rings. The lowest BCUT2D eigenvalue weighted by Crippen LogP contribution is -2.23. The van der Waals surface area contributed by atoms with Crippen LogP contribution >= 0.6 is 0 Å². The molecule has 1 fully saturated rings. The Hall–Kier alpha value is -1.62. The van der Waals surface area contributed by atoms with E-state index >= 15 is 0 Å². The smallest absolute Gasteiger partial charge is 0.224 e. The highest BCUT2D eigenvalue weighted by molar-refractivity contribution is 5.90. The molecule has 0 saturated carbocycles. The van der Waals surface area contributed by atoms with Gasteiger partial charge in [-0.3, -0.25) is 4.79 Å². The summed E-state index contributed by atoms with van der Waals surface area (Å²) in [5, 5.41) is 6.04. The first kappa shape index (κ1) is 13.8. The van der Waals surface area contributed by atoms with Crippen molar-refractivity contribution in [3.63, 3.8) is 0 Å². The minimum absolute atomic E-state index is 0.0849. The van der Waals surface area contributed by atoms with Gasteiger partial charge in [0.2, 0.25) is 5.91 Å². The second-order valence-corrected chi connectivity index (χ2v) is 4.73. The van der Waals surface area contributed by atoms with Crippen molar-refractivity contribution in [1.29, 1.82) is 0 Å². The van der Waals surface area contributed by atoms with Crippen molar-refractivity contribution in [3.05, 3.63) is 24.0 Å². The second-order valence-electron chi connectivity index (χ2n) is 4.73. The average molecular weight is 266 g/mol. The van der Waals surface area contributed by atoms with E-state index in [1.54, 1.807) is 6.07 Å². The number of methoxy groups -OCH3 is 1. The van der Waals surface area contributed by atoms with E-state index in [0.717, 1.165) is 19.4 Å². The van der Waals surface area contributed by atoms with Crippen LogP contribution in [0.2, 0.25) is 0 Å². The highest BCUT2D eigenvalue weighted by atomic mass is 19.1. The summed E-state index contributed by atoms with van der Waals surface area (Å²) >= 11 is 0. The van der Waals surface area contributed by atoms with Gasteiger partial charge in [-0.15, -0.1) is 0 Å². The summed E-state index contributed by atoms with van der Waals surface area (Å²) in [6, 6.07) is 4.85. The Bertz CT molecular complexity index is 445. The first-order chi connectivity index (χ1) is 9.19. The van der Waals surface area contributed by atoms with Crippen LogP contribution < -0.4 is 15.4 Å². The number of hydrogen-bond acceptors (Lipinski definition) is 3. The molecule has 1 saturated heterocycles. The van der Waals surface area contributed by atoms with E-state index in [0.29, 0.717) is 18.2 Å². The summed E-state index contributed by atoms with van der Waals surface area (Å²) in [7, 11) is 1.41. The van der Waals surface area contributed by atoms with Gasteiger partial charge >= 0.3 is 0 Å². The van der Waals surface area contributed by atoms with E-state index in [4.69, 9.17) is 4.74 Å². The number of benzene rings is 1. The molecule has 1 amide bonds. The molecule has 5 heteroatoms. The fourth-order valence-corrected chi connectivity index (χ4v) is 2.28. The quantitative estimate of drug-likeness (QED) is 0.860. The van der Waals surface area contributed by atoms with Gasteiger partial charge < -0.3 is 15.4 Å². The van der Waals surface area contributed by atoms with E-state index in [2.05, 4.69) is 10.6 Å². The lowest BCUT2D eigenvalue weighted by molar-refractivity contribution is -0.116. The SMILES string of the molecule is COc1ccc(NC(=O)CCC2CCCN2)cc1F. The Morgan fingerprint density at radius 3 is 3.05 bits per heavy atom. The molecule has 1 unspecified atom stereocenters. The van der Waals surface area contributed by atoms with Crippen molar-refractivity contribution in [2.45, 2.75) is 31.7 Å². The molecule has 1 atom stereocenters. The second kappa shape index (κ2) is 6.52. The normalized spacial score (nSPS) is 18.3. The number of rotatable bonds is 5. The Morgan fingerprint density at radius 2 is 2.42 bits per heavy atom. The van der Waals surface area contributed by atoms with Gasteiger partial charge in [-0.05, 0) is 37.9 Å². The van der Waals surface area contributed by atoms with Gasteiger partial charge in [0, 0.05) is 24.2 Å². The van der Waals surface area contributed by atoms with Gasteiger partial charge in [0.25, 0.3) is 0 Å². The van der Waals surface area contributed by atoms with Crippen LogP contribution in [0.5, 0.6) is 5.75 Å². The zero-order valence-electron chi connectivity index (χ0n) is 11.0. The first-order valence-electron chi connectivity index (χ1n) is 6.56. The Balaban J connectivity index is 1.82. The Morgan fingerprint density at radius 1 is 1.58 bits per heavy atom. The van der Waals surface area contributed by atoms with Crippen LogP contribution in [-0.4, -0.2) is 25.6 Å². The van der Waals surface area contributed by atoms with Crippen molar-refractivity contribution in [1.82, 2.24) is 5.32 Å². The van der Waals surface area contributed by atoms with Gasteiger partial charge in [0.1, 0.15) is 0 Å². The van der Waals surface area contributed by atoms with Crippen LogP contribution in [0, 0.1) is 5.82 Å². The van der Waals surface area contributed by atoms with Crippen LogP contribution in [0.1, 0.15) is 25.7 Å². The maximum Gasteiger partial charge on any atom is 0.224 e. The third-order valence-electron chi connectivity index (χ3n) is 3.32. The van der Waals surface area contributed by atoms with Gasteiger partial charge in [0.05, 0.1) is 7.11 Å². The summed E-state index contributed by atoms with van der Waals surface area (Å²) in [6.07, 6.45) is 3.58. The van der Waals surface area contributed by atoms with Gasteiger partial charge in [-0.25, -0.2) is 4.39 Å². The van der Waals surface area contributed by atoms with E-state index in [1.807, 2.05) is 0 Å². The maximum absolute atomic E-state index is 13.4. The third kappa shape index (κ3) is 3.92. The number of hydrogen-bond donors (Lipinski definition) is 2. The zero-order valence-corrected chi connectivity index (χ0v) is 11.0. The zero-order chi connectivity index (χ0) is 13.7. The number of anilines is 1. The molecule has 2 rings (SSSR count). The number of carbonyl (C=O) groups excluding carboxylic acids is 1. The Kier molecular flexibility index (Phi) is 4.74. The van der Waals surface area contributed by atoms with Crippen LogP contribution in [0.3, 0.4) is 0 Å². The average Bonchev–Trinajstić information content (AvgIpc) is 2.90. The van der Waals surface area contributed by atoms with Gasteiger partial charge in [0.15, 0.2) is 11.6 Å². The Labute approximate surface area is 112 Å². The summed E-state index contributed by atoms with van der Waals surface area (Å²) in [6.45, 7) is 1.04. The number of amides is 1. The van der Waals surface area contributed by atoms with Crippen LogP contribution in [0.25, 0.3) is 0 Å². The summed E-state index contributed by atoms with van der Waals surface area (Å²) in [5.41, 5.74) is 0.461. The van der Waals surface area contributed by atoms with E-state index in [1.165, 1.54) is 25.7 Å². The molecule has 1 aliphatic heterocycles. The fraction of sp³-hybridized carbons (Fsp3) is 0.500. The van der Waals surface area contributed by atoms with E-state index < -0.39 is 5.82 Å². The molecule has 1 aliphatic rings. The lowest BCUT2D eigenvalue weighted by atomic mass is 10.1. The number of nitrogens with one attached hydrogen (secondary N) is 2. The summed E-state index contributed by atoms with van der Waals surface area (Å²) in [4.78, 5) is 11.7. The largest absolute Gasteiger partial charge is 0.494 e. The predicted molar refractivity (Wildman–Crippen MR) is 71.8 cm³/mol. The molecule has 0 aromatic heterocycles. The number of halogens is 1. The lowest BCUT2D eigenvalue weighted by Gasteiger charge is -2.10. The monoisotopic (exact) mass is 266 g/mol. The molecule has 19 heavy (non-hydrogen) atoms. The third-order valence-corrected chi connectivity index (χ3v) is 3.32. The fourth-order valence-electron chi connectivity index (χ4n) is 2.28. The van der Waals surface area contributed by atoms with Crippen LogP contribution in [0.4, 0.5) is 10.1 Å². The highest BCUT2D eigenvalue weighted by Crippen LogP contribution is 2.21. The molecule has 0 aliphatic carbocycles.